The molecule has 30 heavy (non-hydrogen) atoms. The minimum atomic E-state index is -1.14. The monoisotopic (exact) mass is 409 g/mol. The minimum Gasteiger partial charge on any atom is -0.490 e. The zero-order chi connectivity index (χ0) is 21.6. The Hall–Kier alpha value is -3.61. The van der Waals surface area contributed by atoms with E-state index in [0.29, 0.717) is 39.3 Å². The van der Waals surface area contributed by atoms with Crippen molar-refractivity contribution < 1.29 is 28.0 Å². The molecule has 0 bridgehead atoms. The van der Waals surface area contributed by atoms with Crippen LogP contribution in [-0.2, 0) is 0 Å². The topological polar surface area (TPSA) is 85.7 Å². The number of aromatic carboxylic acids is 1. The van der Waals surface area contributed by atoms with Gasteiger partial charge in [-0.05, 0) is 64.1 Å². The van der Waals surface area contributed by atoms with E-state index in [4.69, 9.17) is 13.7 Å². The number of halogens is 1. The highest BCUT2D eigenvalue weighted by Gasteiger charge is 2.26. The summed E-state index contributed by atoms with van der Waals surface area (Å²) in [7, 11) is 0. The molecule has 0 fully saturated rings. The molecule has 7 heteroatoms. The van der Waals surface area contributed by atoms with Gasteiger partial charge >= 0.3 is 5.97 Å². The van der Waals surface area contributed by atoms with Gasteiger partial charge < -0.3 is 18.8 Å². The lowest BCUT2D eigenvalue weighted by Crippen LogP contribution is -2.07. The van der Waals surface area contributed by atoms with Crippen LogP contribution in [0.25, 0.3) is 33.4 Å². The Bertz CT molecular complexity index is 1230. The molecule has 0 aliphatic rings. The predicted octanol–water partition coefficient (Wildman–Crippen LogP) is 6.00. The molecule has 0 aliphatic heterocycles. The van der Waals surface area contributed by atoms with E-state index in [0.717, 1.165) is 5.56 Å². The second-order valence-corrected chi connectivity index (χ2v) is 7.33. The highest BCUT2D eigenvalue weighted by Crippen LogP contribution is 2.42. The molecular weight excluding hydrogens is 389 g/mol. The van der Waals surface area contributed by atoms with E-state index in [1.165, 1.54) is 24.3 Å². The molecule has 0 unspecified atom stereocenters. The van der Waals surface area contributed by atoms with Crippen LogP contribution in [0.15, 0.2) is 45.3 Å². The number of ether oxygens (including phenoxy) is 1. The third kappa shape index (κ3) is 3.32. The molecule has 2 heterocycles. The number of benzene rings is 2. The number of hydrogen-bond acceptors (Lipinski definition) is 5. The summed E-state index contributed by atoms with van der Waals surface area (Å²) in [6.07, 6.45) is -0.140. The molecule has 2 aromatic heterocycles. The molecule has 0 radical (unpaired) electrons. The minimum absolute atomic E-state index is 0.00414. The normalized spacial score (nSPS) is 11.4. The number of carbonyl (C=O) groups is 1. The van der Waals surface area contributed by atoms with Crippen molar-refractivity contribution in [2.45, 2.75) is 33.8 Å². The molecule has 0 spiro atoms. The van der Waals surface area contributed by atoms with Crippen LogP contribution in [0.2, 0.25) is 0 Å². The number of rotatable bonds is 5. The van der Waals surface area contributed by atoms with Gasteiger partial charge in [0.25, 0.3) is 0 Å². The molecule has 4 aromatic rings. The van der Waals surface area contributed by atoms with Gasteiger partial charge in [-0.3, -0.25) is 0 Å². The summed E-state index contributed by atoms with van der Waals surface area (Å²) in [4.78, 5) is 12.1. The Kier molecular flexibility index (Phi) is 4.81. The Morgan fingerprint density at radius 3 is 2.43 bits per heavy atom. The zero-order valence-electron chi connectivity index (χ0n) is 16.9. The van der Waals surface area contributed by atoms with Crippen molar-refractivity contribution in [1.82, 2.24) is 5.16 Å². The third-order valence-electron chi connectivity index (χ3n) is 4.78. The predicted molar refractivity (Wildman–Crippen MR) is 109 cm³/mol. The number of aryl methyl sites for hydroxylation is 2. The highest BCUT2D eigenvalue weighted by atomic mass is 19.1. The molecule has 0 amide bonds. The molecule has 154 valence electrons. The summed E-state index contributed by atoms with van der Waals surface area (Å²) >= 11 is 0. The van der Waals surface area contributed by atoms with Crippen molar-refractivity contribution >= 4 is 16.9 Å². The molecule has 6 nitrogen and oxygen atoms in total. The van der Waals surface area contributed by atoms with Crippen molar-refractivity contribution in [1.29, 1.82) is 0 Å². The number of carboxylic acid groups (broad SMARTS) is 1. The Morgan fingerprint density at radius 1 is 1.17 bits per heavy atom. The lowest BCUT2D eigenvalue weighted by atomic mass is 9.99. The molecular formula is C23H20FNO5. The smallest absolute Gasteiger partial charge is 0.340 e. The van der Waals surface area contributed by atoms with Crippen LogP contribution in [-0.4, -0.2) is 22.3 Å². The van der Waals surface area contributed by atoms with E-state index in [2.05, 4.69) is 5.16 Å². The van der Waals surface area contributed by atoms with Crippen molar-refractivity contribution in [2.24, 2.45) is 0 Å². The van der Waals surface area contributed by atoms with Crippen LogP contribution < -0.4 is 4.74 Å². The molecule has 0 saturated heterocycles. The van der Waals surface area contributed by atoms with Crippen molar-refractivity contribution in [2.75, 3.05) is 0 Å². The van der Waals surface area contributed by atoms with Gasteiger partial charge in [0.2, 0.25) is 0 Å². The Balaban J connectivity index is 2.03. The molecule has 4 rings (SSSR count). The second-order valence-electron chi connectivity index (χ2n) is 7.33. The zero-order valence-corrected chi connectivity index (χ0v) is 16.9. The van der Waals surface area contributed by atoms with Crippen molar-refractivity contribution in [3.63, 3.8) is 0 Å². The number of nitrogens with zero attached hydrogens (tertiary/aromatic N) is 1. The standard InChI is InChI=1S/C23H20FNO5/c1-11(2)28-18-10-17-19(9-16(18)20-12(3)25-30-13(20)4)29-22(21(17)23(26)27)14-5-7-15(24)8-6-14/h5-11H,1-4H3,(H,26,27). The molecule has 0 aliphatic carbocycles. The Labute approximate surface area is 171 Å². The van der Waals surface area contributed by atoms with Gasteiger partial charge in [0.05, 0.1) is 17.4 Å². The summed E-state index contributed by atoms with van der Waals surface area (Å²) in [5.74, 6) is -0.289. The lowest BCUT2D eigenvalue weighted by molar-refractivity contribution is 0.0699. The van der Waals surface area contributed by atoms with Gasteiger partial charge in [0.1, 0.15) is 34.2 Å². The van der Waals surface area contributed by atoms with Crippen LogP contribution in [0, 0.1) is 19.7 Å². The highest BCUT2D eigenvalue weighted by molar-refractivity contribution is 6.09. The quantitative estimate of drug-likeness (QED) is 0.435. The Morgan fingerprint density at radius 2 is 1.87 bits per heavy atom. The van der Waals surface area contributed by atoms with Gasteiger partial charge in [-0.2, -0.15) is 0 Å². The van der Waals surface area contributed by atoms with Gasteiger partial charge in [-0.25, -0.2) is 9.18 Å². The average Bonchev–Trinajstić information content (AvgIpc) is 3.21. The summed E-state index contributed by atoms with van der Waals surface area (Å²) in [6.45, 7) is 7.40. The van der Waals surface area contributed by atoms with Crippen molar-refractivity contribution in [3.8, 4) is 28.2 Å². The maximum atomic E-state index is 13.3. The third-order valence-corrected chi connectivity index (χ3v) is 4.78. The van der Waals surface area contributed by atoms with Gasteiger partial charge in [-0.1, -0.05) is 5.16 Å². The number of hydrogen-bond donors (Lipinski definition) is 1. The summed E-state index contributed by atoms with van der Waals surface area (Å²) in [5, 5.41) is 14.3. The van der Waals surface area contributed by atoms with Gasteiger partial charge in [0, 0.05) is 16.5 Å². The fraction of sp³-hybridized carbons (Fsp3) is 0.217. The molecule has 0 atom stereocenters. The van der Waals surface area contributed by atoms with E-state index in [1.54, 1.807) is 19.1 Å². The first-order valence-corrected chi connectivity index (χ1v) is 9.46. The van der Waals surface area contributed by atoms with Crippen molar-refractivity contribution in [3.05, 3.63) is 59.2 Å². The summed E-state index contributed by atoms with van der Waals surface area (Å²) in [6, 6.07) is 8.89. The molecule has 2 aromatic carbocycles. The van der Waals surface area contributed by atoms with E-state index in [-0.39, 0.29) is 17.4 Å². The SMILES string of the molecule is Cc1noc(C)c1-c1cc2oc(-c3ccc(F)cc3)c(C(=O)O)c2cc1OC(C)C. The fourth-order valence-electron chi connectivity index (χ4n) is 3.55. The first kappa shape index (κ1) is 19.7. The largest absolute Gasteiger partial charge is 0.490 e. The average molecular weight is 409 g/mol. The van der Waals surface area contributed by atoms with E-state index >= 15 is 0 Å². The first-order chi connectivity index (χ1) is 14.3. The number of aromatic nitrogens is 1. The lowest BCUT2D eigenvalue weighted by Gasteiger charge is -2.14. The van der Waals surface area contributed by atoms with Crippen LogP contribution in [0.4, 0.5) is 4.39 Å². The van der Waals surface area contributed by atoms with Crippen LogP contribution in [0.1, 0.15) is 35.7 Å². The number of carboxylic acids is 1. The maximum absolute atomic E-state index is 13.3. The van der Waals surface area contributed by atoms with E-state index in [1.807, 2.05) is 20.8 Å². The van der Waals surface area contributed by atoms with Gasteiger partial charge in [0.15, 0.2) is 0 Å². The molecule has 0 saturated carbocycles. The van der Waals surface area contributed by atoms with E-state index < -0.39 is 11.8 Å². The van der Waals surface area contributed by atoms with Crippen LogP contribution in [0.3, 0.4) is 0 Å². The van der Waals surface area contributed by atoms with E-state index in [9.17, 15) is 14.3 Å². The van der Waals surface area contributed by atoms with Crippen LogP contribution >= 0.6 is 0 Å². The number of furan rings is 1. The fourth-order valence-corrected chi connectivity index (χ4v) is 3.55. The second kappa shape index (κ2) is 7.33. The maximum Gasteiger partial charge on any atom is 0.340 e. The number of fused-ring (bicyclic) bond motifs is 1. The summed E-state index contributed by atoms with van der Waals surface area (Å²) < 4.78 is 30.6. The van der Waals surface area contributed by atoms with Gasteiger partial charge in [-0.15, -0.1) is 0 Å². The first-order valence-electron chi connectivity index (χ1n) is 9.46. The molecule has 1 N–H and O–H groups in total. The van der Waals surface area contributed by atoms with Crippen LogP contribution in [0.5, 0.6) is 5.75 Å². The summed E-state index contributed by atoms with van der Waals surface area (Å²) in [5.41, 5.74) is 2.99.